The topological polar surface area (TPSA) is 51.0 Å². The van der Waals surface area contributed by atoms with Gasteiger partial charge in [-0.1, -0.05) is 48.5 Å². The molecule has 0 amide bonds. The van der Waals surface area contributed by atoms with E-state index < -0.39 is 0 Å². The SMILES string of the molecule is COc1ccc(-c2cc3c(cc2-c2ccccc2N)[nH]c2ccccc23)cc1. The molecule has 0 aliphatic carbocycles. The number of ether oxygens (including phenoxy) is 1. The van der Waals surface area contributed by atoms with Gasteiger partial charge in [-0.2, -0.15) is 0 Å². The van der Waals surface area contributed by atoms with Crippen molar-refractivity contribution in [1.29, 1.82) is 0 Å². The summed E-state index contributed by atoms with van der Waals surface area (Å²) in [4.78, 5) is 3.54. The minimum absolute atomic E-state index is 0.771. The molecule has 3 N–H and O–H groups in total. The molecule has 0 unspecified atom stereocenters. The van der Waals surface area contributed by atoms with E-state index in [0.717, 1.165) is 44.7 Å². The van der Waals surface area contributed by atoms with E-state index in [1.54, 1.807) is 7.11 Å². The first kappa shape index (κ1) is 16.5. The Kier molecular flexibility index (Phi) is 3.80. The number of anilines is 1. The molecule has 0 aliphatic heterocycles. The first-order valence-electron chi connectivity index (χ1n) is 9.28. The Bertz CT molecular complexity index is 1300. The zero-order valence-corrected chi connectivity index (χ0v) is 15.6. The number of benzene rings is 4. The van der Waals surface area contributed by atoms with Gasteiger partial charge in [-0.15, -0.1) is 0 Å². The van der Waals surface area contributed by atoms with Gasteiger partial charge in [-0.25, -0.2) is 0 Å². The van der Waals surface area contributed by atoms with Gasteiger partial charge in [0.15, 0.2) is 0 Å². The molecule has 5 aromatic rings. The van der Waals surface area contributed by atoms with Gasteiger partial charge >= 0.3 is 0 Å². The molecule has 3 heteroatoms. The lowest BCUT2D eigenvalue weighted by molar-refractivity contribution is 0.415. The number of hydrogen-bond acceptors (Lipinski definition) is 2. The van der Waals surface area contributed by atoms with E-state index in [4.69, 9.17) is 10.5 Å². The van der Waals surface area contributed by atoms with Gasteiger partial charge < -0.3 is 15.5 Å². The summed E-state index contributed by atoms with van der Waals surface area (Å²) in [6, 6.07) is 29.1. The standard InChI is InChI=1S/C25H20N2O/c1-28-17-12-10-16(11-13-17)20-14-22-19-7-3-5-9-24(19)27-25(22)15-21(20)18-6-2-4-8-23(18)26/h2-15,27H,26H2,1H3. The monoisotopic (exact) mass is 364 g/mol. The molecular formula is C25H20N2O. The van der Waals surface area contributed by atoms with E-state index in [1.165, 1.54) is 10.8 Å². The summed E-state index contributed by atoms with van der Waals surface area (Å²) in [5, 5.41) is 2.43. The van der Waals surface area contributed by atoms with Crippen molar-refractivity contribution in [3.8, 4) is 28.0 Å². The molecule has 0 fully saturated rings. The number of aromatic amines is 1. The molecule has 136 valence electrons. The van der Waals surface area contributed by atoms with Crippen LogP contribution in [-0.2, 0) is 0 Å². The Morgan fingerprint density at radius 1 is 0.679 bits per heavy atom. The second kappa shape index (κ2) is 6.46. The van der Waals surface area contributed by atoms with Crippen LogP contribution in [0.15, 0.2) is 84.9 Å². The Balaban J connectivity index is 1.84. The molecule has 0 aliphatic rings. The predicted octanol–water partition coefficient (Wildman–Crippen LogP) is 6.25. The van der Waals surface area contributed by atoms with E-state index in [9.17, 15) is 0 Å². The van der Waals surface area contributed by atoms with E-state index in [-0.39, 0.29) is 0 Å². The summed E-state index contributed by atoms with van der Waals surface area (Å²) in [5.74, 6) is 0.845. The first-order chi connectivity index (χ1) is 13.7. The van der Waals surface area contributed by atoms with Gasteiger partial charge in [0.1, 0.15) is 5.75 Å². The fourth-order valence-electron chi connectivity index (χ4n) is 3.87. The Hall–Kier alpha value is -3.72. The number of nitrogens with one attached hydrogen (secondary N) is 1. The average Bonchev–Trinajstić information content (AvgIpc) is 3.11. The van der Waals surface area contributed by atoms with Crippen LogP contribution in [0, 0.1) is 0 Å². The van der Waals surface area contributed by atoms with Crippen LogP contribution >= 0.6 is 0 Å². The average molecular weight is 364 g/mol. The number of para-hydroxylation sites is 2. The second-order valence-corrected chi connectivity index (χ2v) is 6.93. The van der Waals surface area contributed by atoms with Gasteiger partial charge in [0, 0.05) is 33.1 Å². The molecule has 0 bridgehead atoms. The minimum Gasteiger partial charge on any atom is -0.497 e. The smallest absolute Gasteiger partial charge is 0.118 e. The highest BCUT2D eigenvalue weighted by molar-refractivity contribution is 6.11. The molecule has 0 saturated heterocycles. The summed E-state index contributed by atoms with van der Waals surface area (Å²) in [6.07, 6.45) is 0. The molecular weight excluding hydrogens is 344 g/mol. The highest BCUT2D eigenvalue weighted by Crippen LogP contribution is 2.40. The number of nitrogen functional groups attached to an aromatic ring is 1. The van der Waals surface area contributed by atoms with Gasteiger partial charge in [-0.3, -0.25) is 0 Å². The molecule has 4 aromatic carbocycles. The maximum absolute atomic E-state index is 6.33. The molecule has 0 radical (unpaired) electrons. The largest absolute Gasteiger partial charge is 0.497 e. The summed E-state index contributed by atoms with van der Waals surface area (Å²) in [5.41, 5.74) is 13.8. The van der Waals surface area contributed by atoms with E-state index in [0.29, 0.717) is 0 Å². The van der Waals surface area contributed by atoms with E-state index >= 15 is 0 Å². The normalized spacial score (nSPS) is 11.2. The van der Waals surface area contributed by atoms with E-state index in [2.05, 4.69) is 59.6 Å². The highest BCUT2D eigenvalue weighted by atomic mass is 16.5. The molecule has 1 aromatic heterocycles. The molecule has 0 saturated carbocycles. The molecule has 3 nitrogen and oxygen atoms in total. The van der Waals surface area contributed by atoms with Crippen LogP contribution in [0.5, 0.6) is 5.75 Å². The van der Waals surface area contributed by atoms with Crippen molar-refractivity contribution in [3.63, 3.8) is 0 Å². The number of hydrogen-bond donors (Lipinski definition) is 2. The highest BCUT2D eigenvalue weighted by Gasteiger charge is 2.14. The third-order valence-electron chi connectivity index (χ3n) is 5.30. The zero-order valence-electron chi connectivity index (χ0n) is 15.6. The molecule has 28 heavy (non-hydrogen) atoms. The van der Waals surface area contributed by atoms with Crippen molar-refractivity contribution in [2.24, 2.45) is 0 Å². The van der Waals surface area contributed by atoms with E-state index in [1.807, 2.05) is 30.3 Å². The molecule has 0 atom stereocenters. The van der Waals surface area contributed by atoms with Crippen molar-refractivity contribution in [2.45, 2.75) is 0 Å². The Morgan fingerprint density at radius 3 is 2.21 bits per heavy atom. The maximum Gasteiger partial charge on any atom is 0.118 e. The zero-order chi connectivity index (χ0) is 19.1. The fourth-order valence-corrected chi connectivity index (χ4v) is 3.87. The third kappa shape index (κ3) is 2.60. The number of fused-ring (bicyclic) bond motifs is 3. The summed E-state index contributed by atoms with van der Waals surface area (Å²) < 4.78 is 5.33. The first-order valence-corrected chi connectivity index (χ1v) is 9.28. The summed E-state index contributed by atoms with van der Waals surface area (Å²) in [7, 11) is 1.68. The van der Waals surface area contributed by atoms with Crippen LogP contribution in [-0.4, -0.2) is 12.1 Å². The van der Waals surface area contributed by atoms with Crippen molar-refractivity contribution in [1.82, 2.24) is 4.98 Å². The fraction of sp³-hybridized carbons (Fsp3) is 0.0400. The second-order valence-electron chi connectivity index (χ2n) is 6.93. The van der Waals surface area contributed by atoms with Crippen molar-refractivity contribution >= 4 is 27.5 Å². The number of H-pyrrole nitrogens is 1. The van der Waals surface area contributed by atoms with Crippen LogP contribution in [0.4, 0.5) is 5.69 Å². The molecule has 0 spiro atoms. The van der Waals surface area contributed by atoms with Crippen molar-refractivity contribution in [2.75, 3.05) is 12.8 Å². The van der Waals surface area contributed by atoms with Gasteiger partial charge in [0.25, 0.3) is 0 Å². The summed E-state index contributed by atoms with van der Waals surface area (Å²) >= 11 is 0. The van der Waals surface area contributed by atoms with Crippen LogP contribution < -0.4 is 10.5 Å². The van der Waals surface area contributed by atoms with Crippen molar-refractivity contribution in [3.05, 3.63) is 84.9 Å². The predicted molar refractivity (Wildman–Crippen MR) is 118 cm³/mol. The molecule has 5 rings (SSSR count). The Morgan fingerprint density at radius 2 is 1.43 bits per heavy atom. The van der Waals surface area contributed by atoms with Crippen LogP contribution in [0.3, 0.4) is 0 Å². The van der Waals surface area contributed by atoms with Gasteiger partial charge in [-0.05, 0) is 53.1 Å². The lowest BCUT2D eigenvalue weighted by atomic mass is 9.92. The lowest BCUT2D eigenvalue weighted by Crippen LogP contribution is -1.92. The lowest BCUT2D eigenvalue weighted by Gasteiger charge is -2.13. The van der Waals surface area contributed by atoms with Crippen LogP contribution in [0.2, 0.25) is 0 Å². The third-order valence-corrected chi connectivity index (χ3v) is 5.30. The van der Waals surface area contributed by atoms with Gasteiger partial charge in [0.2, 0.25) is 0 Å². The summed E-state index contributed by atoms with van der Waals surface area (Å²) in [6.45, 7) is 0. The quantitative estimate of drug-likeness (QED) is 0.372. The Labute approximate surface area is 163 Å². The number of rotatable bonds is 3. The number of aromatic nitrogens is 1. The molecule has 1 heterocycles. The van der Waals surface area contributed by atoms with Crippen molar-refractivity contribution < 1.29 is 4.74 Å². The van der Waals surface area contributed by atoms with Crippen LogP contribution in [0.25, 0.3) is 44.1 Å². The maximum atomic E-state index is 6.33. The van der Waals surface area contributed by atoms with Crippen LogP contribution in [0.1, 0.15) is 0 Å². The minimum atomic E-state index is 0.771. The number of nitrogens with two attached hydrogens (primary N) is 1. The number of methoxy groups -OCH3 is 1. The van der Waals surface area contributed by atoms with Gasteiger partial charge in [0.05, 0.1) is 7.11 Å².